The van der Waals surface area contributed by atoms with Gasteiger partial charge in [-0.2, -0.15) is 5.10 Å². The number of pyridine rings is 1. The molecule has 148 valence electrons. The van der Waals surface area contributed by atoms with Gasteiger partial charge in [0.1, 0.15) is 17.7 Å². The van der Waals surface area contributed by atoms with Gasteiger partial charge in [-0.25, -0.2) is 4.98 Å². The number of piperidine rings is 2. The van der Waals surface area contributed by atoms with Crippen LogP contribution in [-0.4, -0.2) is 52.3 Å². The lowest BCUT2D eigenvalue weighted by atomic mass is 10.0. The summed E-state index contributed by atoms with van der Waals surface area (Å²) in [7, 11) is 1.81. The Morgan fingerprint density at radius 1 is 1.11 bits per heavy atom. The molecule has 2 aliphatic rings. The number of amides is 2. The Balaban J connectivity index is 1.51. The van der Waals surface area contributed by atoms with Crippen LogP contribution in [0.1, 0.15) is 42.5 Å². The summed E-state index contributed by atoms with van der Waals surface area (Å²) in [5.41, 5.74) is 0.537. The first-order valence-corrected chi connectivity index (χ1v) is 9.95. The maximum absolute atomic E-state index is 13.0. The first-order valence-electron chi connectivity index (χ1n) is 9.95. The van der Waals surface area contributed by atoms with E-state index in [1.165, 1.54) is 6.42 Å². The third-order valence-corrected chi connectivity index (χ3v) is 5.50. The third kappa shape index (κ3) is 3.58. The van der Waals surface area contributed by atoms with Crippen molar-refractivity contribution in [2.24, 2.45) is 7.05 Å². The second kappa shape index (κ2) is 8.00. The highest BCUT2D eigenvalue weighted by atomic mass is 16.2. The van der Waals surface area contributed by atoms with Gasteiger partial charge in [0.05, 0.1) is 11.8 Å². The van der Waals surface area contributed by atoms with Gasteiger partial charge < -0.3 is 10.2 Å². The molecule has 8 nitrogen and oxygen atoms in total. The Morgan fingerprint density at radius 2 is 1.93 bits per heavy atom. The molecule has 2 aromatic rings. The van der Waals surface area contributed by atoms with Gasteiger partial charge in [-0.15, -0.1) is 0 Å². The van der Waals surface area contributed by atoms with Gasteiger partial charge in [0.15, 0.2) is 0 Å². The molecule has 0 aliphatic carbocycles. The van der Waals surface area contributed by atoms with Gasteiger partial charge in [0.25, 0.3) is 11.8 Å². The van der Waals surface area contributed by atoms with E-state index in [9.17, 15) is 9.59 Å². The molecule has 0 radical (unpaired) electrons. The third-order valence-electron chi connectivity index (χ3n) is 5.50. The number of nitrogens with one attached hydrogen (secondary N) is 1. The van der Waals surface area contributed by atoms with E-state index in [-0.39, 0.29) is 11.8 Å². The predicted molar refractivity (Wildman–Crippen MR) is 106 cm³/mol. The molecule has 28 heavy (non-hydrogen) atoms. The molecule has 1 N–H and O–H groups in total. The minimum Gasteiger partial charge on any atom is -0.356 e. The number of anilines is 2. The van der Waals surface area contributed by atoms with Crippen LogP contribution in [0.5, 0.6) is 0 Å². The number of carbonyl (C=O) groups excluding carboxylic acids is 2. The molecule has 4 heterocycles. The SMILES string of the molecule is Cn1nccc1N1CCCC(NC(=O)c2cccnc2N2CCCCC2)C1=O. The molecular weight excluding hydrogens is 356 g/mol. The molecule has 2 fully saturated rings. The van der Waals surface area contributed by atoms with Gasteiger partial charge in [0, 0.05) is 38.9 Å². The van der Waals surface area contributed by atoms with Crippen molar-refractivity contribution in [1.29, 1.82) is 0 Å². The zero-order chi connectivity index (χ0) is 19.5. The Labute approximate surface area is 164 Å². The molecule has 2 aromatic heterocycles. The summed E-state index contributed by atoms with van der Waals surface area (Å²) >= 11 is 0. The van der Waals surface area contributed by atoms with Crippen molar-refractivity contribution >= 4 is 23.5 Å². The lowest BCUT2D eigenvalue weighted by molar-refractivity contribution is -0.121. The summed E-state index contributed by atoms with van der Waals surface area (Å²) in [5, 5.41) is 7.09. The molecule has 8 heteroatoms. The Hall–Kier alpha value is -2.90. The van der Waals surface area contributed by atoms with E-state index in [4.69, 9.17) is 0 Å². The number of aryl methyl sites for hydroxylation is 1. The zero-order valence-electron chi connectivity index (χ0n) is 16.2. The fourth-order valence-electron chi connectivity index (χ4n) is 4.04. The van der Waals surface area contributed by atoms with E-state index in [1.807, 2.05) is 13.1 Å². The minimum absolute atomic E-state index is 0.0911. The minimum atomic E-state index is -0.537. The van der Waals surface area contributed by atoms with Crippen LogP contribution < -0.4 is 15.1 Å². The van der Waals surface area contributed by atoms with E-state index >= 15 is 0 Å². The van der Waals surface area contributed by atoms with Crippen molar-refractivity contribution in [3.63, 3.8) is 0 Å². The molecule has 2 saturated heterocycles. The fraction of sp³-hybridized carbons (Fsp3) is 0.500. The lowest BCUT2D eigenvalue weighted by Gasteiger charge is -2.33. The topological polar surface area (TPSA) is 83.4 Å². The highest BCUT2D eigenvalue weighted by molar-refractivity contribution is 6.04. The van der Waals surface area contributed by atoms with E-state index in [1.54, 1.807) is 34.1 Å². The van der Waals surface area contributed by atoms with E-state index in [0.717, 1.165) is 38.2 Å². The van der Waals surface area contributed by atoms with Crippen molar-refractivity contribution in [2.45, 2.75) is 38.1 Å². The van der Waals surface area contributed by atoms with E-state index in [2.05, 4.69) is 20.3 Å². The molecule has 4 rings (SSSR count). The van der Waals surface area contributed by atoms with Crippen LogP contribution in [0.2, 0.25) is 0 Å². The van der Waals surface area contributed by atoms with Crippen molar-refractivity contribution < 1.29 is 9.59 Å². The van der Waals surface area contributed by atoms with Crippen LogP contribution >= 0.6 is 0 Å². The molecule has 2 aliphatic heterocycles. The van der Waals surface area contributed by atoms with E-state index < -0.39 is 6.04 Å². The first-order chi connectivity index (χ1) is 13.6. The molecule has 2 amide bonds. The van der Waals surface area contributed by atoms with Crippen LogP contribution in [0.4, 0.5) is 11.6 Å². The number of aromatic nitrogens is 3. The maximum Gasteiger partial charge on any atom is 0.255 e. The summed E-state index contributed by atoms with van der Waals surface area (Å²) in [6.07, 6.45) is 8.29. The maximum atomic E-state index is 13.0. The number of hydrogen-bond donors (Lipinski definition) is 1. The summed E-state index contributed by atoms with van der Waals surface area (Å²) in [5.74, 6) is 1.14. The molecule has 0 spiro atoms. The summed E-state index contributed by atoms with van der Waals surface area (Å²) in [6, 6.07) is 4.84. The average Bonchev–Trinajstić information content (AvgIpc) is 3.16. The smallest absolute Gasteiger partial charge is 0.255 e. The normalized spacial score (nSPS) is 20.3. The Kier molecular flexibility index (Phi) is 5.27. The van der Waals surface area contributed by atoms with Crippen LogP contribution in [0, 0.1) is 0 Å². The highest BCUT2D eigenvalue weighted by Crippen LogP contribution is 2.23. The van der Waals surface area contributed by atoms with Crippen LogP contribution in [-0.2, 0) is 11.8 Å². The van der Waals surface area contributed by atoms with Crippen LogP contribution in [0.15, 0.2) is 30.6 Å². The second-order valence-electron chi connectivity index (χ2n) is 7.39. The lowest BCUT2D eigenvalue weighted by Crippen LogP contribution is -2.53. The summed E-state index contributed by atoms with van der Waals surface area (Å²) in [6.45, 7) is 2.46. The van der Waals surface area contributed by atoms with Gasteiger partial charge in [-0.1, -0.05) is 0 Å². The highest BCUT2D eigenvalue weighted by Gasteiger charge is 2.33. The Bertz CT molecular complexity index is 858. The van der Waals surface area contributed by atoms with Gasteiger partial charge in [0.2, 0.25) is 0 Å². The average molecular weight is 382 g/mol. The quantitative estimate of drug-likeness (QED) is 0.871. The zero-order valence-corrected chi connectivity index (χ0v) is 16.2. The number of carbonyl (C=O) groups is 2. The molecule has 0 bridgehead atoms. The first kappa shape index (κ1) is 18.5. The summed E-state index contributed by atoms with van der Waals surface area (Å²) < 4.78 is 1.68. The number of hydrogen-bond acceptors (Lipinski definition) is 5. The van der Waals surface area contributed by atoms with Crippen molar-refractivity contribution in [3.8, 4) is 0 Å². The van der Waals surface area contributed by atoms with Crippen LogP contribution in [0.25, 0.3) is 0 Å². The monoisotopic (exact) mass is 382 g/mol. The number of nitrogens with zero attached hydrogens (tertiary/aromatic N) is 5. The Morgan fingerprint density at radius 3 is 2.68 bits per heavy atom. The fourth-order valence-corrected chi connectivity index (χ4v) is 4.04. The molecule has 0 aromatic carbocycles. The van der Waals surface area contributed by atoms with Gasteiger partial charge >= 0.3 is 0 Å². The van der Waals surface area contributed by atoms with Crippen LogP contribution in [0.3, 0.4) is 0 Å². The number of rotatable bonds is 4. The molecule has 0 saturated carbocycles. The molecule has 1 atom stereocenters. The molecule has 1 unspecified atom stereocenters. The predicted octanol–water partition coefficient (Wildman–Crippen LogP) is 1.73. The standard InChI is InChI=1S/C20H26N6O2/c1-24-17(9-11-22-24)26-14-6-8-16(20(26)28)23-19(27)15-7-5-10-21-18(15)25-12-3-2-4-13-25/h5,7,9-11,16H,2-4,6,8,12-14H2,1H3,(H,23,27). The molecular formula is C20H26N6O2. The van der Waals surface area contributed by atoms with E-state index in [0.29, 0.717) is 24.3 Å². The summed E-state index contributed by atoms with van der Waals surface area (Å²) in [4.78, 5) is 34.3. The second-order valence-corrected chi connectivity index (χ2v) is 7.39. The van der Waals surface area contributed by atoms with Gasteiger partial charge in [-0.05, 0) is 44.2 Å². The van der Waals surface area contributed by atoms with Gasteiger partial charge in [-0.3, -0.25) is 19.2 Å². The van der Waals surface area contributed by atoms with Crippen molar-refractivity contribution in [2.75, 3.05) is 29.4 Å². The van der Waals surface area contributed by atoms with Crippen molar-refractivity contribution in [3.05, 3.63) is 36.2 Å². The largest absolute Gasteiger partial charge is 0.356 e. The van der Waals surface area contributed by atoms with Crippen molar-refractivity contribution in [1.82, 2.24) is 20.1 Å².